The van der Waals surface area contributed by atoms with Crippen molar-refractivity contribution in [2.75, 3.05) is 0 Å². The lowest BCUT2D eigenvalue weighted by Crippen LogP contribution is -2.21. The minimum atomic E-state index is -0.248. The molecule has 0 atom stereocenters. The van der Waals surface area contributed by atoms with Gasteiger partial charge in [0, 0.05) is 18.4 Å². The number of benzene rings is 1. The molecule has 1 aromatic heterocycles. The van der Waals surface area contributed by atoms with Crippen LogP contribution in [0.3, 0.4) is 0 Å². The maximum Gasteiger partial charge on any atom is 0.217 e. The summed E-state index contributed by atoms with van der Waals surface area (Å²) in [6, 6.07) is 6.55. The average Bonchev–Trinajstić information content (AvgIpc) is 2.83. The summed E-state index contributed by atoms with van der Waals surface area (Å²) in [6.07, 6.45) is 0. The van der Waals surface area contributed by atoms with Crippen LogP contribution in [0.5, 0.6) is 0 Å². The molecule has 23 heavy (non-hydrogen) atoms. The van der Waals surface area contributed by atoms with Crippen LogP contribution in [0.1, 0.15) is 45.1 Å². The molecule has 4 nitrogen and oxygen atoms in total. The van der Waals surface area contributed by atoms with Crippen LogP contribution in [-0.2, 0) is 17.9 Å². The number of hydrogen-bond acceptors (Lipinski definition) is 3. The Morgan fingerprint density at radius 2 is 2.17 bits per heavy atom. The van der Waals surface area contributed by atoms with Crippen LogP contribution in [0.15, 0.2) is 34.2 Å². The number of carbonyl (C=O) groups excluding carboxylic acids is 1. The Kier molecular flexibility index (Phi) is 5.82. The smallest absolute Gasteiger partial charge is 0.217 e. The van der Waals surface area contributed by atoms with E-state index in [4.69, 9.17) is 4.98 Å². The van der Waals surface area contributed by atoms with Gasteiger partial charge in [-0.15, -0.1) is 0 Å². The van der Waals surface area contributed by atoms with Crippen molar-refractivity contribution in [3.8, 4) is 0 Å². The third-order valence-electron chi connectivity index (χ3n) is 3.39. The summed E-state index contributed by atoms with van der Waals surface area (Å²) < 4.78 is 15.5. The molecule has 0 aliphatic carbocycles. The van der Waals surface area contributed by atoms with Gasteiger partial charge in [0.2, 0.25) is 5.91 Å². The largest absolute Gasteiger partial charge is 0.349 e. The molecule has 2 aromatic rings. The zero-order chi connectivity index (χ0) is 17.0. The number of imidazole rings is 1. The van der Waals surface area contributed by atoms with Crippen molar-refractivity contribution < 1.29 is 9.18 Å². The lowest BCUT2D eigenvalue weighted by Gasteiger charge is -2.11. The van der Waals surface area contributed by atoms with E-state index in [1.165, 1.54) is 30.8 Å². The molecule has 0 saturated heterocycles. The zero-order valence-electron chi connectivity index (χ0n) is 13.9. The Morgan fingerprint density at radius 3 is 2.74 bits per heavy atom. The molecule has 1 N–H and O–H groups in total. The molecule has 0 aliphatic heterocycles. The number of aromatic nitrogens is 2. The van der Waals surface area contributed by atoms with Gasteiger partial charge in [-0.3, -0.25) is 4.79 Å². The van der Waals surface area contributed by atoms with Crippen molar-refractivity contribution in [1.82, 2.24) is 14.9 Å². The number of nitrogens with zero attached hydrogens (tertiary/aromatic N) is 2. The molecule has 0 bridgehead atoms. The van der Waals surface area contributed by atoms with Gasteiger partial charge >= 0.3 is 0 Å². The Balaban J connectivity index is 2.40. The van der Waals surface area contributed by atoms with Crippen molar-refractivity contribution in [2.45, 2.75) is 56.6 Å². The Hall–Kier alpha value is -1.82. The predicted octanol–water partition coefficient (Wildman–Crippen LogP) is 3.95. The van der Waals surface area contributed by atoms with E-state index in [2.05, 4.69) is 23.7 Å². The van der Waals surface area contributed by atoms with E-state index < -0.39 is 0 Å². The van der Waals surface area contributed by atoms with Gasteiger partial charge in [0.25, 0.3) is 0 Å². The summed E-state index contributed by atoms with van der Waals surface area (Å²) in [7, 11) is 0. The van der Waals surface area contributed by atoms with Gasteiger partial charge < -0.3 is 9.88 Å². The van der Waals surface area contributed by atoms with Gasteiger partial charge in [0.05, 0.1) is 12.2 Å². The second-order valence-corrected chi connectivity index (χ2v) is 6.65. The number of carbonyl (C=O) groups is 1. The molecule has 124 valence electrons. The number of amides is 1. The minimum Gasteiger partial charge on any atom is -0.349 e. The van der Waals surface area contributed by atoms with E-state index in [1.54, 1.807) is 6.07 Å². The van der Waals surface area contributed by atoms with Crippen molar-refractivity contribution >= 4 is 17.7 Å². The first kappa shape index (κ1) is 17.5. The number of nitrogens with one attached hydrogen (secondary N) is 1. The standard InChI is InChI=1S/C17H22FN3OS/c1-5-21-15(10-19-12(4)22)20-16(11(2)3)17(21)23-14-8-6-7-13(18)9-14/h6-9,11H,5,10H2,1-4H3,(H,19,22). The maximum atomic E-state index is 13.4. The Bertz CT molecular complexity index is 697. The highest BCUT2D eigenvalue weighted by molar-refractivity contribution is 7.99. The lowest BCUT2D eigenvalue weighted by molar-refractivity contribution is -0.119. The quantitative estimate of drug-likeness (QED) is 0.869. The zero-order valence-corrected chi connectivity index (χ0v) is 14.7. The first-order chi connectivity index (χ1) is 10.9. The molecule has 0 saturated carbocycles. The summed E-state index contributed by atoms with van der Waals surface area (Å²) in [5.41, 5.74) is 0.974. The van der Waals surface area contributed by atoms with E-state index in [-0.39, 0.29) is 17.6 Å². The predicted molar refractivity (Wildman–Crippen MR) is 90.0 cm³/mol. The molecule has 0 spiro atoms. The third kappa shape index (κ3) is 4.34. The van der Waals surface area contributed by atoms with Crippen LogP contribution in [0.2, 0.25) is 0 Å². The Morgan fingerprint density at radius 1 is 1.43 bits per heavy atom. The molecule has 0 unspecified atom stereocenters. The highest BCUT2D eigenvalue weighted by atomic mass is 32.2. The van der Waals surface area contributed by atoms with Crippen LogP contribution in [-0.4, -0.2) is 15.5 Å². The third-order valence-corrected chi connectivity index (χ3v) is 4.51. The van der Waals surface area contributed by atoms with E-state index >= 15 is 0 Å². The molecule has 1 heterocycles. The summed E-state index contributed by atoms with van der Waals surface area (Å²) in [5, 5.41) is 3.81. The molecular weight excluding hydrogens is 313 g/mol. The van der Waals surface area contributed by atoms with Gasteiger partial charge in [-0.05, 0) is 31.0 Å². The summed E-state index contributed by atoms with van der Waals surface area (Å²) in [5.74, 6) is 0.739. The SMILES string of the molecule is CCn1c(CNC(C)=O)nc(C(C)C)c1Sc1cccc(F)c1. The van der Waals surface area contributed by atoms with Gasteiger partial charge in [-0.2, -0.15) is 0 Å². The van der Waals surface area contributed by atoms with Crippen molar-refractivity contribution in [1.29, 1.82) is 0 Å². The van der Waals surface area contributed by atoms with Gasteiger partial charge in [0.15, 0.2) is 0 Å². The van der Waals surface area contributed by atoms with Crippen LogP contribution in [0.4, 0.5) is 4.39 Å². The van der Waals surface area contributed by atoms with Gasteiger partial charge in [-0.1, -0.05) is 31.7 Å². The fourth-order valence-electron chi connectivity index (χ4n) is 2.29. The second kappa shape index (κ2) is 7.64. The topological polar surface area (TPSA) is 46.9 Å². The van der Waals surface area contributed by atoms with E-state index in [9.17, 15) is 9.18 Å². The lowest BCUT2D eigenvalue weighted by atomic mass is 10.1. The van der Waals surface area contributed by atoms with E-state index in [0.29, 0.717) is 6.54 Å². The highest BCUT2D eigenvalue weighted by Crippen LogP contribution is 2.35. The monoisotopic (exact) mass is 335 g/mol. The van der Waals surface area contributed by atoms with Gasteiger partial charge in [-0.25, -0.2) is 9.37 Å². The molecule has 2 rings (SSSR count). The van der Waals surface area contributed by atoms with Crippen LogP contribution in [0.25, 0.3) is 0 Å². The summed E-state index contributed by atoms with van der Waals surface area (Å²) in [4.78, 5) is 16.7. The van der Waals surface area contributed by atoms with E-state index in [0.717, 1.165) is 28.0 Å². The number of halogens is 1. The molecule has 1 amide bonds. The first-order valence-electron chi connectivity index (χ1n) is 7.69. The fraction of sp³-hybridized carbons (Fsp3) is 0.412. The maximum absolute atomic E-state index is 13.4. The van der Waals surface area contributed by atoms with Crippen LogP contribution < -0.4 is 5.32 Å². The molecule has 1 aromatic carbocycles. The summed E-state index contributed by atoms with van der Waals surface area (Å²) >= 11 is 1.51. The Labute approximate surface area is 140 Å². The number of rotatable bonds is 6. The molecule has 0 radical (unpaired) electrons. The average molecular weight is 335 g/mol. The fourth-order valence-corrected chi connectivity index (χ4v) is 3.56. The molecule has 0 fully saturated rings. The van der Waals surface area contributed by atoms with E-state index in [1.807, 2.05) is 13.0 Å². The van der Waals surface area contributed by atoms with Crippen molar-refractivity contribution in [3.05, 3.63) is 41.6 Å². The van der Waals surface area contributed by atoms with Gasteiger partial charge in [0.1, 0.15) is 16.7 Å². The molecular formula is C17H22FN3OS. The number of hydrogen-bond donors (Lipinski definition) is 1. The second-order valence-electron chi connectivity index (χ2n) is 5.59. The van der Waals surface area contributed by atoms with Crippen molar-refractivity contribution in [3.63, 3.8) is 0 Å². The van der Waals surface area contributed by atoms with Crippen LogP contribution in [0, 0.1) is 5.82 Å². The highest BCUT2D eigenvalue weighted by Gasteiger charge is 2.19. The molecule has 6 heteroatoms. The molecule has 0 aliphatic rings. The first-order valence-corrected chi connectivity index (χ1v) is 8.51. The summed E-state index contributed by atoms with van der Waals surface area (Å²) in [6.45, 7) is 8.84. The minimum absolute atomic E-state index is 0.0823. The van der Waals surface area contributed by atoms with Crippen molar-refractivity contribution in [2.24, 2.45) is 0 Å². The normalized spacial score (nSPS) is 11.0. The van der Waals surface area contributed by atoms with Crippen LogP contribution >= 0.6 is 11.8 Å².